The van der Waals surface area contributed by atoms with Crippen LogP contribution in [0.2, 0.25) is 0 Å². The van der Waals surface area contributed by atoms with E-state index < -0.39 is 6.03 Å². The molecule has 8 heteroatoms. The number of nitrogens with one attached hydrogen (secondary N) is 1. The molecule has 0 aromatic carbocycles. The molecular weight excluding hydrogens is 132 g/mol. The highest BCUT2D eigenvalue weighted by molar-refractivity contribution is 5.69. The maximum absolute atomic E-state index is 9.47. The molecule has 0 aliphatic heterocycles. The summed E-state index contributed by atoms with van der Waals surface area (Å²) < 4.78 is 0. The van der Waals surface area contributed by atoms with Crippen LogP contribution in [0.4, 0.5) is 4.79 Å². The van der Waals surface area contributed by atoms with Crippen molar-refractivity contribution >= 4 is 6.03 Å². The van der Waals surface area contributed by atoms with Crippen molar-refractivity contribution in [2.75, 3.05) is 0 Å². The highest BCUT2D eigenvalue weighted by Gasteiger charge is 1.92. The fraction of sp³-hybridized carbons (Fsp3) is 0. The van der Waals surface area contributed by atoms with Gasteiger partial charge < -0.3 is 5.73 Å². The molecule has 0 fully saturated rings. The van der Waals surface area contributed by atoms with Gasteiger partial charge in [0.2, 0.25) is 0 Å². The monoisotopic (exact) mass is 138 g/mol. The number of hydroxylamine groups is 1. The van der Waals surface area contributed by atoms with Crippen molar-refractivity contribution in [3.05, 3.63) is 10.1 Å². The third kappa shape index (κ3) is 20.7. The van der Waals surface area contributed by atoms with Gasteiger partial charge in [-0.1, -0.05) is 0 Å². The van der Waals surface area contributed by atoms with Gasteiger partial charge in [0, 0.05) is 5.34 Å². The largest absolute Gasteiger partial charge is 0.353 e. The first-order valence-electron chi connectivity index (χ1n) is 1.58. The summed E-state index contributed by atoms with van der Waals surface area (Å²) in [4.78, 5) is 17.6. The van der Waals surface area contributed by atoms with Gasteiger partial charge >= 0.3 is 6.03 Å². The maximum Gasteiger partial charge on any atom is 0.353 e. The second kappa shape index (κ2) is 6.59. The Kier molecular flexibility index (Phi) is 7.72. The van der Waals surface area contributed by atoms with Gasteiger partial charge in [0.15, 0.2) is 0 Å². The lowest BCUT2D eigenvalue weighted by molar-refractivity contribution is -0.398. The minimum Gasteiger partial charge on any atom is -0.349 e. The zero-order valence-corrected chi connectivity index (χ0v) is 4.27. The first-order chi connectivity index (χ1) is 4.06. The molecule has 0 radical (unpaired) electrons. The van der Waals surface area contributed by atoms with Gasteiger partial charge in [0.05, 0.1) is 0 Å². The van der Waals surface area contributed by atoms with E-state index in [1.807, 2.05) is 0 Å². The van der Waals surface area contributed by atoms with Crippen molar-refractivity contribution in [3.63, 3.8) is 0 Å². The molecule has 0 aromatic heterocycles. The van der Waals surface area contributed by atoms with E-state index in [0.717, 1.165) is 0 Å². The van der Waals surface area contributed by atoms with Crippen LogP contribution in [0.5, 0.6) is 0 Å². The van der Waals surface area contributed by atoms with Gasteiger partial charge in [-0.3, -0.25) is 15.3 Å². The zero-order chi connectivity index (χ0) is 7.86. The second-order valence-electron chi connectivity index (χ2n) is 0.766. The summed E-state index contributed by atoms with van der Waals surface area (Å²) in [7, 11) is 0. The minimum atomic E-state index is -1.07. The van der Waals surface area contributed by atoms with Crippen LogP contribution < -0.4 is 16.9 Å². The van der Waals surface area contributed by atoms with E-state index in [0.29, 0.717) is 0 Å². The van der Waals surface area contributed by atoms with Crippen LogP contribution >= 0.6 is 0 Å². The molecule has 54 valence electrons. The Hall–Kier alpha value is -1.41. The van der Waals surface area contributed by atoms with Crippen molar-refractivity contribution in [3.8, 4) is 0 Å². The number of hydrogen-bond donors (Lipinski definition) is 4. The second-order valence-corrected chi connectivity index (χ2v) is 0.766. The van der Waals surface area contributed by atoms with Gasteiger partial charge in [-0.25, -0.2) is 10.6 Å². The number of hydrogen-bond acceptors (Lipinski definition) is 5. The number of rotatable bonds is 0. The molecule has 0 saturated heterocycles. The standard InChI is InChI=1S/CH5N3O2.HNO2/c2-1(5)4(3)6;2-1-3/h6H,3H2,(H2,2,5);1H. The Bertz CT molecular complexity index is 90.6. The summed E-state index contributed by atoms with van der Waals surface area (Å²) in [5, 5.41) is 15.9. The van der Waals surface area contributed by atoms with E-state index in [9.17, 15) is 4.79 Å². The lowest BCUT2D eigenvalue weighted by Gasteiger charge is -1.98. The molecule has 0 aliphatic rings. The van der Waals surface area contributed by atoms with Crippen molar-refractivity contribution in [1.29, 1.82) is 0 Å². The van der Waals surface area contributed by atoms with Crippen LogP contribution in [0.1, 0.15) is 0 Å². The van der Waals surface area contributed by atoms with Gasteiger partial charge in [-0.2, -0.15) is 0 Å². The first kappa shape index (κ1) is 10.5. The number of urea groups is 1. The van der Waals surface area contributed by atoms with Crippen molar-refractivity contribution < 1.29 is 15.3 Å². The molecular formula is CH6N4O4. The topological polar surface area (TPSA) is 147 Å². The number of hydrazine groups is 1. The third-order valence-corrected chi connectivity index (χ3v) is 0.226. The van der Waals surface area contributed by atoms with E-state index in [4.69, 9.17) is 15.3 Å². The molecule has 0 atom stereocenters. The Morgan fingerprint density at radius 1 is 1.78 bits per heavy atom. The fourth-order valence-corrected chi connectivity index (χ4v) is 0. The van der Waals surface area contributed by atoms with E-state index >= 15 is 0 Å². The molecule has 0 unspecified atom stereocenters. The summed E-state index contributed by atoms with van der Waals surface area (Å²) in [5.74, 6) is 4.35. The number of carbonyl (C=O) groups is 1. The highest BCUT2D eigenvalue weighted by atomic mass is 16.6. The average molecular weight is 138 g/mol. The minimum absolute atomic E-state index is 0.194. The molecule has 0 spiro atoms. The Morgan fingerprint density at radius 2 is 1.89 bits per heavy atom. The molecule has 0 saturated carbocycles. The van der Waals surface area contributed by atoms with E-state index in [2.05, 4.69) is 11.6 Å². The number of amides is 2. The maximum atomic E-state index is 9.47. The Labute approximate surface area is 49.5 Å². The zero-order valence-electron chi connectivity index (χ0n) is 4.27. The molecule has 2 amide bonds. The number of carbonyl (C=O) groups excluding carboxylic acids is 1. The van der Waals surface area contributed by atoms with Crippen LogP contribution in [0, 0.1) is 10.1 Å². The first-order valence-corrected chi connectivity index (χ1v) is 1.58. The highest BCUT2D eigenvalue weighted by Crippen LogP contribution is 1.58. The van der Waals surface area contributed by atoms with Crippen LogP contribution in [0.15, 0.2) is 0 Å². The Morgan fingerprint density at radius 3 is 1.89 bits per heavy atom. The summed E-state index contributed by atoms with van der Waals surface area (Å²) >= 11 is 0. The summed E-state index contributed by atoms with van der Waals surface area (Å²) in [5.41, 5.74) is 4.35. The normalized spacial score (nSPS) is 6.44. The van der Waals surface area contributed by atoms with Gasteiger partial charge in [0.1, 0.15) is 0 Å². The summed E-state index contributed by atoms with van der Waals surface area (Å²) in [6.07, 6.45) is 0. The van der Waals surface area contributed by atoms with E-state index in [1.54, 1.807) is 0 Å². The molecule has 9 heavy (non-hydrogen) atoms. The molecule has 6 N–H and O–H groups in total. The average Bonchev–Trinajstić information content (AvgIpc) is 1.68. The molecule has 0 aromatic rings. The van der Waals surface area contributed by atoms with Gasteiger partial charge in [-0.15, -0.1) is 5.17 Å². The lowest BCUT2D eigenvalue weighted by atomic mass is 11.1. The van der Waals surface area contributed by atoms with Gasteiger partial charge in [0.25, 0.3) is 0 Å². The van der Waals surface area contributed by atoms with Crippen molar-refractivity contribution in [2.24, 2.45) is 11.6 Å². The quantitative estimate of drug-likeness (QED) is 0.0923. The van der Waals surface area contributed by atoms with Crippen LogP contribution in [0.3, 0.4) is 0 Å². The molecule has 8 nitrogen and oxygen atoms in total. The lowest BCUT2D eigenvalue weighted by Crippen LogP contribution is -2.53. The van der Waals surface area contributed by atoms with E-state index in [1.165, 1.54) is 0 Å². The molecule has 0 rings (SSSR count). The predicted molar refractivity (Wildman–Crippen MR) is 25.1 cm³/mol. The SMILES string of the molecule is NC(=O)N(N)O.O=[NH+][O-]. The number of nitrogens with zero attached hydrogens (tertiary/aromatic N) is 1. The number of nitrogens with two attached hydrogens (primary N) is 2. The molecule has 0 bridgehead atoms. The van der Waals surface area contributed by atoms with Crippen LogP contribution in [-0.4, -0.2) is 16.4 Å². The number of primary amides is 1. The fourth-order valence-electron chi connectivity index (χ4n) is 0. The summed E-state index contributed by atoms with van der Waals surface area (Å²) in [6, 6.07) is -1.07. The third-order valence-electron chi connectivity index (χ3n) is 0.226. The van der Waals surface area contributed by atoms with E-state index in [-0.39, 0.29) is 10.5 Å². The predicted octanol–water partition coefficient (Wildman–Crippen LogP) is -3.04. The molecule has 0 heterocycles. The Balaban J connectivity index is 0. The van der Waals surface area contributed by atoms with Crippen LogP contribution in [0.25, 0.3) is 0 Å². The van der Waals surface area contributed by atoms with Crippen molar-refractivity contribution in [2.45, 2.75) is 0 Å². The van der Waals surface area contributed by atoms with Crippen molar-refractivity contribution in [1.82, 2.24) is 5.17 Å². The van der Waals surface area contributed by atoms with Crippen LogP contribution in [-0.2, 0) is 0 Å². The smallest absolute Gasteiger partial charge is 0.349 e. The van der Waals surface area contributed by atoms with Gasteiger partial charge in [-0.05, 0) is 0 Å². The summed E-state index contributed by atoms with van der Waals surface area (Å²) in [6.45, 7) is 0. The molecule has 0 aliphatic carbocycles.